The number of carbonyl (C=O) groups is 2. The summed E-state index contributed by atoms with van der Waals surface area (Å²) in [5.41, 5.74) is 0. The van der Waals surface area contributed by atoms with Crippen LogP contribution in [0.3, 0.4) is 0 Å². The number of hydrogen-bond donors (Lipinski definition) is 1. The maximum Gasteiger partial charge on any atom is 0.305 e. The van der Waals surface area contributed by atoms with Crippen molar-refractivity contribution in [3.05, 3.63) is 30.3 Å². The van der Waals surface area contributed by atoms with Crippen molar-refractivity contribution in [1.82, 2.24) is 4.90 Å². The predicted molar refractivity (Wildman–Crippen MR) is 75.7 cm³/mol. The molecule has 1 aliphatic rings. The van der Waals surface area contributed by atoms with Gasteiger partial charge in [0, 0.05) is 11.4 Å². The third-order valence-corrected chi connectivity index (χ3v) is 4.06. The van der Waals surface area contributed by atoms with Crippen LogP contribution in [0.1, 0.15) is 6.42 Å². The summed E-state index contributed by atoms with van der Waals surface area (Å²) in [6.07, 6.45) is -0.0677. The highest BCUT2D eigenvalue weighted by Crippen LogP contribution is 2.19. The molecule has 1 aromatic rings. The number of carbonyl (C=O) groups excluding carboxylic acids is 1. The highest BCUT2D eigenvalue weighted by molar-refractivity contribution is 8.00. The first-order valence-corrected chi connectivity index (χ1v) is 7.42. The van der Waals surface area contributed by atoms with Crippen molar-refractivity contribution in [2.45, 2.75) is 17.4 Å². The number of ether oxygens (including phenoxy) is 1. The Bertz CT molecular complexity index is 466. The highest BCUT2D eigenvalue weighted by Gasteiger charge is 2.28. The number of morpholine rings is 1. The lowest BCUT2D eigenvalue weighted by Crippen LogP contribution is -2.50. The minimum absolute atomic E-state index is 0.0339. The zero-order valence-electron chi connectivity index (χ0n) is 11.0. The van der Waals surface area contributed by atoms with Gasteiger partial charge in [-0.05, 0) is 12.1 Å². The van der Waals surface area contributed by atoms with Gasteiger partial charge in [0.2, 0.25) is 5.91 Å². The molecule has 5 nitrogen and oxygen atoms in total. The van der Waals surface area contributed by atoms with Gasteiger partial charge in [-0.15, -0.1) is 11.8 Å². The fourth-order valence-corrected chi connectivity index (χ4v) is 2.90. The van der Waals surface area contributed by atoms with E-state index in [1.807, 2.05) is 30.3 Å². The molecule has 2 rings (SSSR count). The second kappa shape index (κ2) is 7.31. The van der Waals surface area contributed by atoms with Crippen LogP contribution in [0.5, 0.6) is 0 Å². The summed E-state index contributed by atoms with van der Waals surface area (Å²) in [4.78, 5) is 25.7. The van der Waals surface area contributed by atoms with Gasteiger partial charge in [-0.3, -0.25) is 9.59 Å². The van der Waals surface area contributed by atoms with Gasteiger partial charge in [0.05, 0.1) is 31.4 Å². The third-order valence-electron chi connectivity index (χ3n) is 3.06. The largest absolute Gasteiger partial charge is 0.481 e. The third kappa shape index (κ3) is 4.25. The Labute approximate surface area is 121 Å². The summed E-state index contributed by atoms with van der Waals surface area (Å²) >= 11 is 1.46. The number of benzene rings is 1. The number of hydrogen-bond acceptors (Lipinski definition) is 4. The van der Waals surface area contributed by atoms with E-state index in [0.29, 0.717) is 25.5 Å². The van der Waals surface area contributed by atoms with Crippen LogP contribution in [0.25, 0.3) is 0 Å². The summed E-state index contributed by atoms with van der Waals surface area (Å²) < 4.78 is 5.26. The average Bonchev–Trinajstić information content (AvgIpc) is 2.46. The number of aliphatic carboxylic acids is 1. The summed E-state index contributed by atoms with van der Waals surface area (Å²) in [5, 5.41) is 8.87. The lowest BCUT2D eigenvalue weighted by molar-refractivity contribution is -0.144. The maximum absolute atomic E-state index is 12.2. The van der Waals surface area contributed by atoms with E-state index in [-0.39, 0.29) is 18.4 Å². The van der Waals surface area contributed by atoms with E-state index in [2.05, 4.69) is 0 Å². The molecule has 0 aromatic heterocycles. The minimum atomic E-state index is -0.908. The van der Waals surface area contributed by atoms with Crippen LogP contribution < -0.4 is 0 Å². The van der Waals surface area contributed by atoms with Crippen LogP contribution in [0.4, 0.5) is 0 Å². The fraction of sp³-hybridized carbons (Fsp3) is 0.429. The van der Waals surface area contributed by atoms with Crippen LogP contribution in [0, 0.1) is 0 Å². The topological polar surface area (TPSA) is 66.8 Å². The molecule has 20 heavy (non-hydrogen) atoms. The Balaban J connectivity index is 1.90. The zero-order valence-corrected chi connectivity index (χ0v) is 11.8. The van der Waals surface area contributed by atoms with Crippen LogP contribution in [-0.4, -0.2) is 53.4 Å². The van der Waals surface area contributed by atoms with Gasteiger partial charge < -0.3 is 14.7 Å². The Morgan fingerprint density at radius 2 is 2.10 bits per heavy atom. The first kappa shape index (κ1) is 14.9. The molecule has 0 bridgehead atoms. The molecule has 1 saturated heterocycles. The van der Waals surface area contributed by atoms with Crippen LogP contribution in [-0.2, 0) is 14.3 Å². The number of nitrogens with zero attached hydrogens (tertiary/aromatic N) is 1. The lowest BCUT2D eigenvalue weighted by atomic mass is 10.1. The first-order valence-electron chi connectivity index (χ1n) is 6.43. The van der Waals surface area contributed by atoms with E-state index < -0.39 is 5.97 Å². The summed E-state index contributed by atoms with van der Waals surface area (Å²) in [7, 11) is 0. The van der Waals surface area contributed by atoms with E-state index >= 15 is 0 Å². The van der Waals surface area contributed by atoms with Crippen LogP contribution in [0.2, 0.25) is 0 Å². The lowest BCUT2D eigenvalue weighted by Gasteiger charge is -2.34. The minimum Gasteiger partial charge on any atom is -0.481 e. The molecule has 1 aromatic carbocycles. The highest BCUT2D eigenvalue weighted by atomic mass is 32.2. The van der Waals surface area contributed by atoms with Crippen LogP contribution >= 0.6 is 11.8 Å². The smallest absolute Gasteiger partial charge is 0.305 e. The molecule has 1 aliphatic heterocycles. The Morgan fingerprint density at radius 3 is 2.80 bits per heavy atom. The fourth-order valence-electron chi connectivity index (χ4n) is 2.10. The molecule has 0 spiro atoms. The molecule has 1 atom stereocenters. The SMILES string of the molecule is O=C(O)C[C@H]1COCCN1C(=O)CSc1ccccc1. The van der Waals surface area contributed by atoms with Gasteiger partial charge in [0.25, 0.3) is 0 Å². The molecule has 1 heterocycles. The van der Waals surface area contributed by atoms with E-state index in [4.69, 9.17) is 9.84 Å². The Morgan fingerprint density at radius 1 is 1.35 bits per heavy atom. The van der Waals surface area contributed by atoms with E-state index in [0.717, 1.165) is 4.90 Å². The quantitative estimate of drug-likeness (QED) is 0.834. The van der Waals surface area contributed by atoms with Gasteiger partial charge in [0.1, 0.15) is 0 Å². The molecule has 1 amide bonds. The van der Waals surface area contributed by atoms with Crippen molar-refractivity contribution in [2.75, 3.05) is 25.5 Å². The second-order valence-electron chi connectivity index (χ2n) is 4.52. The first-order chi connectivity index (χ1) is 9.66. The molecule has 0 aliphatic carbocycles. The van der Waals surface area contributed by atoms with Gasteiger partial charge in [-0.2, -0.15) is 0 Å². The summed E-state index contributed by atoms with van der Waals surface area (Å²) in [6.45, 7) is 1.23. The zero-order chi connectivity index (χ0) is 14.4. The average molecular weight is 295 g/mol. The molecular weight excluding hydrogens is 278 g/mol. The van der Waals surface area contributed by atoms with Crippen molar-refractivity contribution < 1.29 is 19.4 Å². The maximum atomic E-state index is 12.2. The van der Waals surface area contributed by atoms with Gasteiger partial charge >= 0.3 is 5.97 Å². The molecule has 6 heteroatoms. The molecule has 1 fully saturated rings. The molecule has 108 valence electrons. The standard InChI is InChI=1S/C14H17NO4S/c16-13(10-20-12-4-2-1-3-5-12)15-6-7-19-9-11(15)8-14(17)18/h1-5,11H,6-10H2,(H,17,18)/t11-/m0/s1. The second-order valence-corrected chi connectivity index (χ2v) is 5.56. The van der Waals surface area contributed by atoms with Crippen molar-refractivity contribution in [1.29, 1.82) is 0 Å². The van der Waals surface area contributed by atoms with E-state index in [1.165, 1.54) is 11.8 Å². The molecular formula is C14H17NO4S. The van der Waals surface area contributed by atoms with Crippen LogP contribution in [0.15, 0.2) is 35.2 Å². The molecule has 0 radical (unpaired) electrons. The Hall–Kier alpha value is -1.53. The molecule has 0 saturated carbocycles. The van der Waals surface area contributed by atoms with Gasteiger partial charge in [-0.1, -0.05) is 18.2 Å². The number of amides is 1. The van der Waals surface area contributed by atoms with E-state index in [1.54, 1.807) is 4.90 Å². The monoisotopic (exact) mass is 295 g/mol. The number of carboxylic acids is 1. The van der Waals surface area contributed by atoms with Crippen molar-refractivity contribution in [3.63, 3.8) is 0 Å². The van der Waals surface area contributed by atoms with E-state index in [9.17, 15) is 9.59 Å². The normalized spacial score (nSPS) is 18.8. The summed E-state index contributed by atoms with van der Waals surface area (Å²) in [5.74, 6) is -0.623. The van der Waals surface area contributed by atoms with Gasteiger partial charge in [0.15, 0.2) is 0 Å². The molecule has 1 N–H and O–H groups in total. The van der Waals surface area contributed by atoms with Gasteiger partial charge in [-0.25, -0.2) is 0 Å². The van der Waals surface area contributed by atoms with Crippen molar-refractivity contribution >= 4 is 23.6 Å². The number of rotatable bonds is 5. The van der Waals surface area contributed by atoms with Crippen molar-refractivity contribution in [2.24, 2.45) is 0 Å². The Kier molecular flexibility index (Phi) is 5.43. The van der Waals surface area contributed by atoms with Crippen molar-refractivity contribution in [3.8, 4) is 0 Å². The summed E-state index contributed by atoms with van der Waals surface area (Å²) in [6, 6.07) is 9.32. The predicted octanol–water partition coefficient (Wildman–Crippen LogP) is 1.48. The number of carboxylic acid groups (broad SMARTS) is 1. The number of thioether (sulfide) groups is 1. The molecule has 0 unspecified atom stereocenters.